The van der Waals surface area contributed by atoms with Gasteiger partial charge < -0.3 is 4.74 Å². The van der Waals surface area contributed by atoms with Crippen LogP contribution in [0.25, 0.3) is 10.2 Å². The van der Waals surface area contributed by atoms with Crippen LogP contribution < -0.4 is 9.75 Å². The highest BCUT2D eigenvalue weighted by Crippen LogP contribution is 2.31. The van der Waals surface area contributed by atoms with Crippen molar-refractivity contribution in [3.63, 3.8) is 0 Å². The number of rotatable bonds is 5. The number of hydrogen-bond acceptors (Lipinski definition) is 5. The second-order valence-corrected chi connectivity index (χ2v) is 7.48. The number of thiazole rings is 1. The summed E-state index contributed by atoms with van der Waals surface area (Å²) in [5, 5.41) is 6.36. The highest BCUT2D eigenvalue weighted by Gasteiger charge is 2.21. The van der Waals surface area contributed by atoms with Crippen molar-refractivity contribution in [1.82, 2.24) is 4.98 Å². The first-order chi connectivity index (χ1) is 14.1. The van der Waals surface area contributed by atoms with Gasteiger partial charge in [0.2, 0.25) is 5.13 Å². The molecule has 5 nitrogen and oxygen atoms in total. The predicted octanol–water partition coefficient (Wildman–Crippen LogP) is 5.29. The van der Waals surface area contributed by atoms with Crippen molar-refractivity contribution in [1.29, 1.82) is 0 Å². The van der Waals surface area contributed by atoms with E-state index in [1.807, 2.05) is 49.4 Å². The van der Waals surface area contributed by atoms with Gasteiger partial charge in [0, 0.05) is 5.56 Å². The van der Waals surface area contributed by atoms with Crippen LogP contribution in [0.15, 0.2) is 77.9 Å². The Kier molecular flexibility index (Phi) is 5.35. The summed E-state index contributed by atoms with van der Waals surface area (Å²) in [7, 11) is 1.59. The van der Waals surface area contributed by atoms with E-state index in [0.717, 1.165) is 21.3 Å². The first kappa shape index (κ1) is 18.8. The van der Waals surface area contributed by atoms with Gasteiger partial charge in [-0.25, -0.2) is 4.98 Å². The van der Waals surface area contributed by atoms with Gasteiger partial charge in [-0.15, -0.1) is 0 Å². The van der Waals surface area contributed by atoms with Crippen LogP contribution in [0.3, 0.4) is 0 Å². The van der Waals surface area contributed by atoms with E-state index in [9.17, 15) is 4.79 Å². The predicted molar refractivity (Wildman–Crippen MR) is 118 cm³/mol. The summed E-state index contributed by atoms with van der Waals surface area (Å²) in [5.74, 6) is 0.437. The summed E-state index contributed by atoms with van der Waals surface area (Å²) in [4.78, 5) is 17.9. The van der Waals surface area contributed by atoms with Gasteiger partial charge in [0.1, 0.15) is 5.75 Å². The molecule has 0 radical (unpaired) electrons. The molecule has 0 unspecified atom stereocenters. The molecule has 3 aromatic carbocycles. The second kappa shape index (κ2) is 8.24. The number of nitrogens with zero attached hydrogens (tertiary/aromatic N) is 3. The number of carbonyl (C=O) groups excluding carboxylic acids is 1. The zero-order valence-corrected chi connectivity index (χ0v) is 16.9. The molecule has 0 fully saturated rings. The van der Waals surface area contributed by atoms with Crippen LogP contribution in [-0.4, -0.2) is 24.2 Å². The van der Waals surface area contributed by atoms with E-state index in [2.05, 4.69) is 16.2 Å². The average molecular weight is 401 g/mol. The van der Waals surface area contributed by atoms with Crippen LogP contribution in [0.5, 0.6) is 5.75 Å². The molecule has 0 spiro atoms. The van der Waals surface area contributed by atoms with Crippen molar-refractivity contribution in [3.05, 3.63) is 89.5 Å². The number of aryl methyl sites for hydroxylation is 1. The fraction of sp³-hybridized carbons (Fsp3) is 0.0870. The third-order valence-corrected chi connectivity index (χ3v) is 5.36. The monoisotopic (exact) mass is 401 g/mol. The van der Waals surface area contributed by atoms with E-state index >= 15 is 0 Å². The molecule has 1 heterocycles. The molecule has 0 aliphatic rings. The van der Waals surface area contributed by atoms with E-state index in [1.165, 1.54) is 16.3 Å². The lowest BCUT2D eigenvalue weighted by Gasteiger charge is -2.14. The Morgan fingerprint density at radius 1 is 1.07 bits per heavy atom. The van der Waals surface area contributed by atoms with E-state index in [4.69, 9.17) is 4.74 Å². The molecule has 0 atom stereocenters. The molecule has 0 aliphatic heterocycles. The smallest absolute Gasteiger partial charge is 0.280 e. The Morgan fingerprint density at radius 3 is 2.55 bits per heavy atom. The number of hydrazone groups is 1. The number of ether oxygens (including phenoxy) is 1. The average Bonchev–Trinajstić information content (AvgIpc) is 3.17. The summed E-state index contributed by atoms with van der Waals surface area (Å²) in [6.07, 6.45) is 1.67. The minimum Gasteiger partial charge on any atom is -0.497 e. The molecule has 29 heavy (non-hydrogen) atoms. The zero-order valence-electron chi connectivity index (χ0n) is 16.1. The molecule has 1 amide bonds. The number of methoxy groups -OCH3 is 1. The zero-order chi connectivity index (χ0) is 20.2. The van der Waals surface area contributed by atoms with Crippen LogP contribution in [0.4, 0.5) is 5.13 Å². The Bertz CT molecular complexity index is 1170. The molecule has 0 saturated carbocycles. The highest BCUT2D eigenvalue weighted by molar-refractivity contribution is 7.22. The van der Waals surface area contributed by atoms with Crippen molar-refractivity contribution in [3.8, 4) is 5.75 Å². The molecule has 4 rings (SSSR count). The van der Waals surface area contributed by atoms with Crippen molar-refractivity contribution in [2.24, 2.45) is 5.10 Å². The minimum absolute atomic E-state index is 0.254. The van der Waals surface area contributed by atoms with Crippen LogP contribution in [0.1, 0.15) is 21.5 Å². The van der Waals surface area contributed by atoms with Crippen LogP contribution in [-0.2, 0) is 0 Å². The molecule has 144 valence electrons. The first-order valence-corrected chi connectivity index (χ1v) is 9.90. The summed E-state index contributed by atoms with van der Waals surface area (Å²) >= 11 is 1.44. The van der Waals surface area contributed by atoms with Crippen LogP contribution >= 0.6 is 11.3 Å². The lowest BCUT2D eigenvalue weighted by molar-refractivity contribution is 0.0988. The van der Waals surface area contributed by atoms with E-state index in [-0.39, 0.29) is 5.91 Å². The number of hydrogen-bond donors (Lipinski definition) is 0. The molecule has 0 N–H and O–H groups in total. The van der Waals surface area contributed by atoms with Gasteiger partial charge in [0.05, 0.1) is 23.5 Å². The van der Waals surface area contributed by atoms with Crippen molar-refractivity contribution in [2.75, 3.05) is 12.1 Å². The quantitative estimate of drug-likeness (QED) is 0.337. The van der Waals surface area contributed by atoms with Gasteiger partial charge in [-0.3, -0.25) is 4.79 Å². The number of anilines is 1. The number of benzene rings is 3. The highest BCUT2D eigenvalue weighted by atomic mass is 32.1. The number of carbonyl (C=O) groups is 1. The fourth-order valence-electron chi connectivity index (χ4n) is 2.82. The Labute approximate surface area is 172 Å². The van der Waals surface area contributed by atoms with Crippen LogP contribution in [0.2, 0.25) is 0 Å². The molecule has 0 saturated heterocycles. The first-order valence-electron chi connectivity index (χ1n) is 9.09. The maximum atomic E-state index is 13.2. The van der Waals surface area contributed by atoms with Crippen molar-refractivity contribution >= 4 is 38.8 Å². The van der Waals surface area contributed by atoms with E-state index in [0.29, 0.717) is 16.4 Å². The molecule has 1 aromatic heterocycles. The standard InChI is InChI=1S/C23H19N3O2S/c1-16-8-13-20-21(14-16)29-23(25-20)26(24-15-17-6-4-3-5-7-17)22(27)18-9-11-19(28-2)12-10-18/h3-15H,1-2H3/b24-15+. The second-order valence-electron chi connectivity index (χ2n) is 6.47. The van der Waals surface area contributed by atoms with E-state index in [1.54, 1.807) is 37.6 Å². The summed E-state index contributed by atoms with van der Waals surface area (Å²) < 4.78 is 6.20. The molecule has 4 aromatic rings. The normalized spacial score (nSPS) is 11.1. The number of aromatic nitrogens is 1. The Hall–Kier alpha value is -3.51. The lowest BCUT2D eigenvalue weighted by atomic mass is 10.2. The Balaban J connectivity index is 1.74. The minimum atomic E-state index is -0.254. The maximum absolute atomic E-state index is 13.2. The summed E-state index contributed by atoms with van der Waals surface area (Å²) in [6, 6.07) is 22.7. The van der Waals surface area contributed by atoms with Gasteiger partial charge in [-0.2, -0.15) is 10.1 Å². The topological polar surface area (TPSA) is 54.8 Å². The Morgan fingerprint density at radius 2 is 1.83 bits per heavy atom. The van der Waals surface area contributed by atoms with Gasteiger partial charge in [-0.05, 0) is 54.4 Å². The van der Waals surface area contributed by atoms with Crippen molar-refractivity contribution in [2.45, 2.75) is 6.92 Å². The maximum Gasteiger partial charge on any atom is 0.280 e. The SMILES string of the molecule is COc1ccc(C(=O)N(/N=C/c2ccccc2)c2nc3ccc(C)cc3s2)cc1. The van der Waals surface area contributed by atoms with Gasteiger partial charge in [0.15, 0.2) is 0 Å². The molecular weight excluding hydrogens is 382 g/mol. The van der Waals surface area contributed by atoms with Crippen molar-refractivity contribution < 1.29 is 9.53 Å². The largest absolute Gasteiger partial charge is 0.497 e. The molecule has 6 heteroatoms. The molecular formula is C23H19N3O2S. The third-order valence-electron chi connectivity index (χ3n) is 4.37. The lowest BCUT2D eigenvalue weighted by Crippen LogP contribution is -2.25. The van der Waals surface area contributed by atoms with E-state index < -0.39 is 0 Å². The van der Waals surface area contributed by atoms with Gasteiger partial charge in [0.25, 0.3) is 5.91 Å². The summed E-state index contributed by atoms with van der Waals surface area (Å²) in [6.45, 7) is 2.03. The fourth-order valence-corrected chi connectivity index (χ4v) is 3.84. The van der Waals surface area contributed by atoms with Crippen LogP contribution in [0, 0.1) is 6.92 Å². The van der Waals surface area contributed by atoms with Gasteiger partial charge >= 0.3 is 0 Å². The number of fused-ring (bicyclic) bond motifs is 1. The summed E-state index contributed by atoms with van der Waals surface area (Å²) in [5.41, 5.74) is 3.40. The molecule has 0 aliphatic carbocycles. The molecule has 0 bridgehead atoms. The number of amides is 1. The van der Waals surface area contributed by atoms with Gasteiger partial charge in [-0.1, -0.05) is 47.7 Å². The third kappa shape index (κ3) is 4.17.